The van der Waals surface area contributed by atoms with E-state index in [0.717, 1.165) is 31.0 Å². The second-order valence-corrected chi connectivity index (χ2v) is 41.0. The van der Waals surface area contributed by atoms with Gasteiger partial charge in [0.1, 0.15) is 0 Å². The molecule has 356 valence electrons. The maximum Gasteiger partial charge on any atom is 0.334 e. The van der Waals surface area contributed by atoms with Gasteiger partial charge in [-0.3, -0.25) is 0 Å². The molecule has 0 aromatic heterocycles. The van der Waals surface area contributed by atoms with Gasteiger partial charge < -0.3 is 36.9 Å². The lowest BCUT2D eigenvalue weighted by Crippen LogP contribution is -2.35. The lowest BCUT2D eigenvalue weighted by Gasteiger charge is -2.21. The van der Waals surface area contributed by atoms with Crippen LogP contribution in [-0.4, -0.2) is 108 Å². The van der Waals surface area contributed by atoms with E-state index in [2.05, 4.69) is 80.8 Å². The van der Waals surface area contributed by atoms with Gasteiger partial charge >= 0.3 is 17.1 Å². The van der Waals surface area contributed by atoms with Crippen LogP contribution in [0.1, 0.15) is 138 Å². The van der Waals surface area contributed by atoms with Crippen molar-refractivity contribution < 1.29 is 36.9 Å². The summed E-state index contributed by atoms with van der Waals surface area (Å²) in [5.74, 6) is 0. The predicted molar refractivity (Wildman–Crippen MR) is 278 cm³/mol. The molecule has 0 saturated carbocycles. The molecule has 2 unspecified atom stereocenters. The van der Waals surface area contributed by atoms with E-state index in [1.807, 2.05) is 40.8 Å². The van der Waals surface area contributed by atoms with Gasteiger partial charge in [-0.2, -0.15) is 0 Å². The normalized spacial score (nSPS) is 12.3. The highest BCUT2D eigenvalue weighted by Gasteiger charge is 2.27. The second-order valence-electron chi connectivity index (χ2n) is 17.7. The molecule has 0 radical (unpaired) electrons. The molecule has 0 amide bonds. The van der Waals surface area contributed by atoms with E-state index >= 15 is 0 Å². The molecule has 8 nitrogen and oxygen atoms in total. The average Bonchev–Trinajstić information content (AvgIpc) is 3.15. The molecule has 0 bridgehead atoms. The van der Waals surface area contributed by atoms with Gasteiger partial charge in [0.2, 0.25) is 0 Å². The highest BCUT2D eigenvalue weighted by Crippen LogP contribution is 2.15. The zero-order valence-corrected chi connectivity index (χ0v) is 50.5. The third-order valence-corrected chi connectivity index (χ3v) is 22.5. The summed E-state index contributed by atoms with van der Waals surface area (Å²) in [5.41, 5.74) is 0. The molecule has 4 N–H and O–H groups in total. The Bertz CT molecular complexity index is 679. The first kappa shape index (κ1) is 72.6. The van der Waals surface area contributed by atoms with Gasteiger partial charge in [-0.25, -0.2) is 0 Å². The second kappa shape index (κ2) is 51.5. The van der Waals surface area contributed by atoms with Crippen LogP contribution in [0.4, 0.5) is 0 Å². The van der Waals surface area contributed by atoms with Crippen molar-refractivity contribution >= 4 is 60.6 Å². The fourth-order valence-corrected chi connectivity index (χ4v) is 13.0. The largest absolute Gasteiger partial charge is 0.435 e. The maximum absolute atomic E-state index is 9.29. The van der Waals surface area contributed by atoms with Crippen LogP contribution >= 0.6 is 0 Å². The van der Waals surface area contributed by atoms with E-state index in [4.69, 9.17) is 32.1 Å². The van der Waals surface area contributed by atoms with Crippen LogP contribution in [-0.2, 0) is 17.7 Å². The maximum atomic E-state index is 9.29. The van der Waals surface area contributed by atoms with Crippen LogP contribution in [0.2, 0.25) is 108 Å². The SMILES string of the molecule is CCCC[SiH](C)C.CCCC[SiH](C)O.CCCC[SiH](C)OC.CCCC[Si](C)(C)O.CCCC[Si](C)(C)OC.CCCC[Si](C)(O)O.CCCC[Si](C)(OC)OC. The quantitative estimate of drug-likeness (QED) is 0.0669. The van der Waals surface area contributed by atoms with Gasteiger partial charge in [0.05, 0.1) is 0 Å². The van der Waals surface area contributed by atoms with Crippen LogP contribution in [0.25, 0.3) is 0 Å². The Kier molecular flexibility index (Phi) is 65.7. The molecule has 0 aromatic carbocycles. The fourth-order valence-electron chi connectivity index (χ4n) is 4.33. The summed E-state index contributed by atoms with van der Waals surface area (Å²) in [7, 11) is -2.20. The lowest BCUT2D eigenvalue weighted by molar-refractivity contribution is 0.248. The van der Waals surface area contributed by atoms with Gasteiger partial charge in [0, 0.05) is 37.2 Å². The Hall–Kier alpha value is 1.20. The first-order chi connectivity index (χ1) is 26.3. The van der Waals surface area contributed by atoms with Gasteiger partial charge in [0.25, 0.3) is 0 Å². The zero-order valence-electron chi connectivity index (χ0n) is 43.0. The minimum atomic E-state index is -2.68. The highest BCUT2D eigenvalue weighted by molar-refractivity contribution is 6.71. The average molecular weight is 942 g/mol. The summed E-state index contributed by atoms with van der Waals surface area (Å²) in [5, 5.41) is 0. The molecule has 0 fully saturated rings. The molecule has 0 heterocycles. The molecule has 0 rings (SSSR count). The minimum absolute atomic E-state index is 0.188. The summed E-state index contributed by atoms with van der Waals surface area (Å²) >= 11 is 0. The Morgan fingerprint density at radius 2 is 0.789 bits per heavy atom. The summed E-state index contributed by atoms with van der Waals surface area (Å²) in [6, 6.07) is 8.06. The summed E-state index contributed by atoms with van der Waals surface area (Å²) in [6.45, 7) is 36.4. The molecule has 0 aliphatic carbocycles. The van der Waals surface area contributed by atoms with Crippen molar-refractivity contribution in [2.24, 2.45) is 0 Å². The summed E-state index contributed by atoms with van der Waals surface area (Å²) < 4.78 is 21.2. The fraction of sp³-hybridized carbons (Fsp3) is 1.00. The molecule has 0 aromatic rings. The van der Waals surface area contributed by atoms with E-state index in [0.29, 0.717) is 6.04 Å². The molecule has 0 spiro atoms. The van der Waals surface area contributed by atoms with Crippen molar-refractivity contribution in [3.63, 3.8) is 0 Å². The van der Waals surface area contributed by atoms with Crippen molar-refractivity contribution in [1.82, 2.24) is 0 Å². The van der Waals surface area contributed by atoms with Crippen molar-refractivity contribution in [2.45, 2.75) is 246 Å². The molecule has 0 aliphatic rings. The molecule has 57 heavy (non-hydrogen) atoms. The summed E-state index contributed by atoms with van der Waals surface area (Å²) in [4.78, 5) is 35.8. The van der Waals surface area contributed by atoms with Crippen LogP contribution in [0.15, 0.2) is 0 Å². The predicted octanol–water partition coefficient (Wildman–Crippen LogP) is 12.8. The Balaban J connectivity index is -0.000000103. The molecule has 2 atom stereocenters. The van der Waals surface area contributed by atoms with Crippen LogP contribution < -0.4 is 0 Å². The van der Waals surface area contributed by atoms with E-state index in [1.54, 1.807) is 20.8 Å². The molecular weight excluding hydrogens is 829 g/mol. The number of unbranched alkanes of at least 4 members (excludes halogenated alkanes) is 7. The number of hydrogen-bond donors (Lipinski definition) is 4. The van der Waals surface area contributed by atoms with Gasteiger partial charge in [0.15, 0.2) is 34.7 Å². The lowest BCUT2D eigenvalue weighted by atomic mass is 10.4. The van der Waals surface area contributed by atoms with Crippen molar-refractivity contribution in [3.05, 3.63) is 0 Å². The van der Waals surface area contributed by atoms with Crippen molar-refractivity contribution in [3.8, 4) is 0 Å². The summed E-state index contributed by atoms with van der Waals surface area (Å²) in [6.07, 6.45) is 17.4. The molecular formula is C42H112O8Si7. The molecule has 15 heteroatoms. The van der Waals surface area contributed by atoms with Crippen molar-refractivity contribution in [2.75, 3.05) is 28.4 Å². The van der Waals surface area contributed by atoms with E-state index < -0.39 is 51.8 Å². The smallest absolute Gasteiger partial charge is 0.334 e. The monoisotopic (exact) mass is 941 g/mol. The Labute approximate surface area is 370 Å². The van der Waals surface area contributed by atoms with Gasteiger partial charge in [-0.15, -0.1) is 0 Å². The highest BCUT2D eigenvalue weighted by atomic mass is 28.4. The number of rotatable bonds is 25. The van der Waals surface area contributed by atoms with E-state index in [-0.39, 0.29) is 8.80 Å². The first-order valence-corrected chi connectivity index (χ1v) is 42.8. The Morgan fingerprint density at radius 3 is 1.02 bits per heavy atom. The molecule has 0 aliphatic heterocycles. The van der Waals surface area contributed by atoms with Crippen LogP contribution in [0, 0.1) is 0 Å². The van der Waals surface area contributed by atoms with E-state index in [1.165, 1.54) is 95.2 Å². The van der Waals surface area contributed by atoms with Crippen molar-refractivity contribution in [1.29, 1.82) is 0 Å². The Morgan fingerprint density at radius 1 is 0.439 bits per heavy atom. The topological polar surface area (TPSA) is 118 Å². The van der Waals surface area contributed by atoms with E-state index in [9.17, 15) is 4.80 Å². The third kappa shape index (κ3) is 89.2. The minimum Gasteiger partial charge on any atom is -0.435 e. The third-order valence-electron chi connectivity index (χ3n) is 9.16. The molecule has 0 saturated heterocycles. The standard InChI is InChI=1S/C7H18O2Si.C7H18OSi.2C6H16OSi.C6H16Si.C5H14O2Si.C5H14OSi/c1-5-6-7-10(4,8-2)9-3;1-5-6-7-9(3,4)8-2;1-4-5-6-8(2,3)7;1-4-5-6-8(3)7-2;1-4-5-6-7(2)3;1-3-4-5-8(2,6)7;1-3-4-5-7(2)6/h5-7H2,1-4H3;5-7H2,1-4H3;7H,4-6H2,1-3H3;8H,4-6H2,1-3H3;7H,4-6H2,1-3H3;6-7H,3-5H2,1-2H3;6-7H,3-5H2,1-2H3. The van der Waals surface area contributed by atoms with Crippen LogP contribution in [0.5, 0.6) is 0 Å². The van der Waals surface area contributed by atoms with Gasteiger partial charge in [-0.1, -0.05) is 157 Å². The first-order valence-electron chi connectivity index (χ1n) is 23.3. The number of hydrogen-bond acceptors (Lipinski definition) is 8. The van der Waals surface area contributed by atoms with Gasteiger partial charge in [-0.05, 0) is 88.6 Å². The van der Waals surface area contributed by atoms with Crippen LogP contribution in [0.3, 0.4) is 0 Å². The zero-order chi connectivity index (χ0) is 46.4.